The van der Waals surface area contributed by atoms with Gasteiger partial charge in [0.15, 0.2) is 0 Å². The molecular weight excluding hydrogens is 343 g/mol. The van der Waals surface area contributed by atoms with Gasteiger partial charge in [-0.25, -0.2) is 14.4 Å². The highest BCUT2D eigenvalue weighted by Crippen LogP contribution is 2.39. The summed E-state index contributed by atoms with van der Waals surface area (Å²) in [6.07, 6.45) is 1.71. The first-order valence-corrected chi connectivity index (χ1v) is 9.02. The molecule has 0 bridgehead atoms. The predicted octanol–water partition coefficient (Wildman–Crippen LogP) is 6.37. The molecule has 0 fully saturated rings. The fourth-order valence-electron chi connectivity index (χ4n) is 2.62. The van der Waals surface area contributed by atoms with Gasteiger partial charge in [0.05, 0.1) is 10.6 Å². The number of thiazole rings is 1. The molecule has 4 aromatic rings. The van der Waals surface area contributed by atoms with Crippen LogP contribution in [0.1, 0.15) is 5.56 Å². The van der Waals surface area contributed by atoms with Gasteiger partial charge < -0.3 is 0 Å². The van der Waals surface area contributed by atoms with Crippen LogP contribution in [0.15, 0.2) is 89.9 Å². The van der Waals surface area contributed by atoms with Crippen molar-refractivity contribution in [2.75, 3.05) is 0 Å². The molecule has 0 unspecified atom stereocenters. The molecule has 1 aromatic heterocycles. The highest BCUT2D eigenvalue weighted by atomic mass is 32.1. The first-order chi connectivity index (χ1) is 12.8. The zero-order valence-electron chi connectivity index (χ0n) is 13.8. The summed E-state index contributed by atoms with van der Waals surface area (Å²) in [5.74, 6) is -0.255. The molecule has 4 rings (SSSR count). The van der Waals surface area contributed by atoms with Gasteiger partial charge >= 0.3 is 0 Å². The molecule has 0 aliphatic rings. The lowest BCUT2D eigenvalue weighted by atomic mass is 10.1. The van der Waals surface area contributed by atoms with Crippen molar-refractivity contribution in [3.63, 3.8) is 0 Å². The molecule has 0 radical (unpaired) electrons. The Morgan fingerprint density at radius 1 is 0.769 bits per heavy atom. The van der Waals surface area contributed by atoms with Crippen LogP contribution in [0.2, 0.25) is 0 Å². The molecule has 0 aliphatic carbocycles. The Labute approximate surface area is 155 Å². The third-order valence-electron chi connectivity index (χ3n) is 3.89. The molecule has 0 spiro atoms. The van der Waals surface area contributed by atoms with E-state index in [4.69, 9.17) is 4.98 Å². The Hall–Kier alpha value is -3.11. The van der Waals surface area contributed by atoms with E-state index in [0.717, 1.165) is 27.3 Å². The van der Waals surface area contributed by atoms with E-state index in [2.05, 4.69) is 29.3 Å². The van der Waals surface area contributed by atoms with Gasteiger partial charge in [-0.05, 0) is 23.3 Å². The number of rotatable bonds is 4. The first-order valence-electron chi connectivity index (χ1n) is 8.21. The van der Waals surface area contributed by atoms with Crippen molar-refractivity contribution in [3.05, 3.63) is 96.3 Å². The molecule has 0 atom stereocenters. The average Bonchev–Trinajstić information content (AvgIpc) is 3.13. The Balaban J connectivity index is 1.75. The minimum absolute atomic E-state index is 0.255. The van der Waals surface area contributed by atoms with E-state index in [1.807, 2.05) is 36.4 Å². The molecule has 3 aromatic carbocycles. The first kappa shape index (κ1) is 16.4. The number of hydrogen-bond donors (Lipinski definition) is 0. The summed E-state index contributed by atoms with van der Waals surface area (Å²) in [5.41, 5.74) is 3.94. The Bertz CT molecular complexity index is 966. The van der Waals surface area contributed by atoms with Crippen molar-refractivity contribution in [1.29, 1.82) is 0 Å². The van der Waals surface area contributed by atoms with Crippen molar-refractivity contribution in [3.8, 4) is 21.7 Å². The molecule has 1 heterocycles. The molecule has 0 amide bonds. The van der Waals surface area contributed by atoms with Crippen LogP contribution >= 0.6 is 11.3 Å². The quantitative estimate of drug-likeness (QED) is 0.389. The van der Waals surface area contributed by atoms with Crippen LogP contribution in [0.5, 0.6) is 0 Å². The van der Waals surface area contributed by atoms with Crippen LogP contribution in [-0.2, 0) is 0 Å². The molecule has 126 valence electrons. The predicted molar refractivity (Wildman–Crippen MR) is 107 cm³/mol. The summed E-state index contributed by atoms with van der Waals surface area (Å²) in [5, 5.41) is 0.673. The number of halogens is 1. The smallest absolute Gasteiger partial charge is 0.210 e. The summed E-state index contributed by atoms with van der Waals surface area (Å²) in [6, 6.07) is 26.5. The second kappa shape index (κ2) is 7.42. The summed E-state index contributed by atoms with van der Waals surface area (Å²) in [6.45, 7) is 0. The normalized spacial score (nSPS) is 11.1. The van der Waals surface area contributed by atoms with E-state index in [0.29, 0.717) is 5.13 Å². The van der Waals surface area contributed by atoms with Crippen LogP contribution in [0, 0.1) is 5.82 Å². The third-order valence-corrected chi connectivity index (χ3v) is 4.91. The average molecular weight is 358 g/mol. The molecule has 0 saturated heterocycles. The van der Waals surface area contributed by atoms with Gasteiger partial charge in [-0.1, -0.05) is 84.1 Å². The molecule has 0 N–H and O–H groups in total. The maximum Gasteiger partial charge on any atom is 0.210 e. The highest BCUT2D eigenvalue weighted by molar-refractivity contribution is 7.19. The zero-order valence-corrected chi connectivity index (χ0v) is 14.7. The van der Waals surface area contributed by atoms with Crippen molar-refractivity contribution >= 4 is 22.7 Å². The lowest BCUT2D eigenvalue weighted by Crippen LogP contribution is -1.82. The highest BCUT2D eigenvalue weighted by Gasteiger charge is 2.14. The minimum Gasteiger partial charge on any atom is -0.227 e. The molecular formula is C22H15FN2S. The van der Waals surface area contributed by atoms with Crippen molar-refractivity contribution in [2.24, 2.45) is 4.99 Å². The van der Waals surface area contributed by atoms with Crippen LogP contribution in [0.4, 0.5) is 9.52 Å². The number of aromatic nitrogens is 1. The van der Waals surface area contributed by atoms with Gasteiger partial charge in [-0.15, -0.1) is 0 Å². The van der Waals surface area contributed by atoms with Gasteiger partial charge in [0.1, 0.15) is 5.82 Å². The van der Waals surface area contributed by atoms with Crippen LogP contribution in [0.3, 0.4) is 0 Å². The largest absolute Gasteiger partial charge is 0.227 e. The van der Waals surface area contributed by atoms with E-state index in [1.54, 1.807) is 29.7 Å². The second-order valence-electron chi connectivity index (χ2n) is 5.72. The Morgan fingerprint density at radius 2 is 1.38 bits per heavy atom. The fraction of sp³-hybridized carbons (Fsp3) is 0. The van der Waals surface area contributed by atoms with E-state index >= 15 is 0 Å². The standard InChI is InChI=1S/C22H15FN2S/c23-19-13-11-16(12-14-19)15-24-22-25-20(17-7-3-1-4-8-17)21(26-22)18-9-5-2-6-10-18/h1-15H. The number of aliphatic imine (C=N–C) groups is 1. The lowest BCUT2D eigenvalue weighted by Gasteiger charge is -2.02. The Morgan fingerprint density at radius 3 is 2.04 bits per heavy atom. The van der Waals surface area contributed by atoms with E-state index in [9.17, 15) is 4.39 Å². The SMILES string of the molecule is Fc1ccc(C=Nc2nc(-c3ccccc3)c(-c3ccccc3)s2)cc1. The summed E-state index contributed by atoms with van der Waals surface area (Å²) >= 11 is 1.55. The minimum atomic E-state index is -0.255. The second-order valence-corrected chi connectivity index (χ2v) is 6.69. The molecule has 2 nitrogen and oxygen atoms in total. The number of hydrogen-bond acceptors (Lipinski definition) is 3. The van der Waals surface area contributed by atoms with Gasteiger partial charge in [-0.2, -0.15) is 0 Å². The summed E-state index contributed by atoms with van der Waals surface area (Å²) < 4.78 is 13.0. The van der Waals surface area contributed by atoms with Gasteiger partial charge in [0.25, 0.3) is 0 Å². The number of benzene rings is 3. The van der Waals surface area contributed by atoms with Crippen LogP contribution in [-0.4, -0.2) is 11.2 Å². The lowest BCUT2D eigenvalue weighted by molar-refractivity contribution is 0.628. The van der Waals surface area contributed by atoms with E-state index in [1.165, 1.54) is 12.1 Å². The van der Waals surface area contributed by atoms with Crippen LogP contribution in [0.25, 0.3) is 21.7 Å². The van der Waals surface area contributed by atoms with E-state index in [-0.39, 0.29) is 5.82 Å². The van der Waals surface area contributed by atoms with Crippen molar-refractivity contribution in [1.82, 2.24) is 4.98 Å². The monoisotopic (exact) mass is 358 g/mol. The van der Waals surface area contributed by atoms with Gasteiger partial charge in [0.2, 0.25) is 5.13 Å². The zero-order chi connectivity index (χ0) is 17.8. The third kappa shape index (κ3) is 3.60. The van der Waals surface area contributed by atoms with Gasteiger partial charge in [0, 0.05) is 11.8 Å². The maximum atomic E-state index is 13.0. The van der Waals surface area contributed by atoms with E-state index < -0.39 is 0 Å². The molecule has 0 aliphatic heterocycles. The summed E-state index contributed by atoms with van der Waals surface area (Å²) in [4.78, 5) is 10.3. The summed E-state index contributed by atoms with van der Waals surface area (Å²) in [7, 11) is 0. The number of nitrogens with zero attached hydrogens (tertiary/aromatic N) is 2. The topological polar surface area (TPSA) is 25.2 Å². The molecule has 26 heavy (non-hydrogen) atoms. The molecule has 0 saturated carbocycles. The maximum absolute atomic E-state index is 13.0. The molecule has 4 heteroatoms. The Kier molecular flexibility index (Phi) is 4.67. The van der Waals surface area contributed by atoms with Crippen molar-refractivity contribution < 1.29 is 4.39 Å². The van der Waals surface area contributed by atoms with Crippen LogP contribution < -0.4 is 0 Å². The fourth-order valence-corrected chi connectivity index (χ4v) is 3.56. The van der Waals surface area contributed by atoms with Gasteiger partial charge in [-0.3, -0.25) is 0 Å². The van der Waals surface area contributed by atoms with Crippen molar-refractivity contribution in [2.45, 2.75) is 0 Å².